The Hall–Kier alpha value is -1.54. The van der Waals surface area contributed by atoms with E-state index in [-0.39, 0.29) is 5.91 Å². The third-order valence-corrected chi connectivity index (χ3v) is 2.58. The number of nitrogens with one attached hydrogen (secondary N) is 1. The number of carbonyl (C=O) groups excluding carboxylic acids is 1. The topological polar surface area (TPSA) is 81.4 Å². The minimum atomic E-state index is -0.220. The SMILES string of the molecule is COCCNC(=O)c1nn2cnnc2s1. The second kappa shape index (κ2) is 4.32. The first-order valence-electron chi connectivity index (χ1n) is 4.25. The number of ether oxygens (including phenoxy) is 1. The first kappa shape index (κ1) is 9.99. The van der Waals surface area contributed by atoms with Crippen LogP contribution in [-0.4, -0.2) is 46.0 Å². The Balaban J connectivity index is 2.04. The predicted molar refractivity (Wildman–Crippen MR) is 52.9 cm³/mol. The van der Waals surface area contributed by atoms with Gasteiger partial charge < -0.3 is 10.1 Å². The van der Waals surface area contributed by atoms with E-state index in [1.807, 2.05) is 0 Å². The van der Waals surface area contributed by atoms with Crippen LogP contribution in [0.5, 0.6) is 0 Å². The quantitative estimate of drug-likeness (QED) is 0.716. The van der Waals surface area contributed by atoms with Crippen LogP contribution in [0.15, 0.2) is 6.33 Å². The second-order valence-electron chi connectivity index (χ2n) is 2.71. The second-order valence-corrected chi connectivity index (χ2v) is 3.67. The van der Waals surface area contributed by atoms with Gasteiger partial charge in [0.2, 0.25) is 9.97 Å². The number of rotatable bonds is 4. The van der Waals surface area contributed by atoms with Gasteiger partial charge in [-0.15, -0.1) is 15.3 Å². The van der Waals surface area contributed by atoms with E-state index in [2.05, 4.69) is 20.6 Å². The largest absolute Gasteiger partial charge is 0.383 e. The highest BCUT2D eigenvalue weighted by atomic mass is 32.1. The van der Waals surface area contributed by atoms with E-state index >= 15 is 0 Å². The van der Waals surface area contributed by atoms with Crippen LogP contribution in [0.4, 0.5) is 0 Å². The van der Waals surface area contributed by atoms with Gasteiger partial charge in [-0.05, 0) is 0 Å². The Morgan fingerprint density at radius 3 is 3.33 bits per heavy atom. The fraction of sp³-hybridized carbons (Fsp3) is 0.429. The summed E-state index contributed by atoms with van der Waals surface area (Å²) in [6, 6.07) is 0. The summed E-state index contributed by atoms with van der Waals surface area (Å²) in [5.41, 5.74) is 0. The van der Waals surface area contributed by atoms with Crippen LogP contribution in [0.3, 0.4) is 0 Å². The van der Waals surface area contributed by atoms with Crippen molar-refractivity contribution in [2.24, 2.45) is 0 Å². The Bertz CT molecular complexity index is 436. The van der Waals surface area contributed by atoms with E-state index in [1.54, 1.807) is 7.11 Å². The first-order valence-corrected chi connectivity index (χ1v) is 5.07. The van der Waals surface area contributed by atoms with Crippen molar-refractivity contribution in [2.75, 3.05) is 20.3 Å². The number of carbonyl (C=O) groups is 1. The zero-order valence-corrected chi connectivity index (χ0v) is 8.82. The number of hydrogen-bond acceptors (Lipinski definition) is 6. The van der Waals surface area contributed by atoms with Crippen molar-refractivity contribution in [3.05, 3.63) is 11.3 Å². The highest BCUT2D eigenvalue weighted by Gasteiger charge is 2.12. The molecule has 0 unspecified atom stereocenters. The highest BCUT2D eigenvalue weighted by molar-refractivity contribution is 7.18. The lowest BCUT2D eigenvalue weighted by atomic mass is 10.6. The zero-order valence-electron chi connectivity index (χ0n) is 8.01. The molecule has 0 aliphatic rings. The smallest absolute Gasteiger partial charge is 0.282 e. The lowest BCUT2D eigenvalue weighted by Gasteiger charge is -1.99. The van der Waals surface area contributed by atoms with Crippen LogP contribution in [-0.2, 0) is 4.74 Å². The average molecular weight is 227 g/mol. The third kappa shape index (κ3) is 2.10. The standard InChI is InChI=1S/C7H9N5O2S/c1-14-3-2-8-5(13)6-11-12-4-9-10-7(12)15-6/h4H,2-3H2,1H3,(H,8,13). The van der Waals surface area contributed by atoms with Crippen molar-refractivity contribution in [3.63, 3.8) is 0 Å². The maximum absolute atomic E-state index is 11.5. The number of nitrogens with zero attached hydrogens (tertiary/aromatic N) is 4. The van der Waals surface area contributed by atoms with Crippen LogP contribution < -0.4 is 5.32 Å². The third-order valence-electron chi connectivity index (χ3n) is 1.67. The molecule has 0 bridgehead atoms. The molecule has 1 N–H and O–H groups in total. The molecule has 7 nitrogen and oxygen atoms in total. The van der Waals surface area contributed by atoms with Crippen LogP contribution >= 0.6 is 11.3 Å². The van der Waals surface area contributed by atoms with Gasteiger partial charge in [0.05, 0.1) is 6.61 Å². The fourth-order valence-electron chi connectivity index (χ4n) is 0.994. The van der Waals surface area contributed by atoms with Crippen LogP contribution in [0.1, 0.15) is 9.80 Å². The highest BCUT2D eigenvalue weighted by Crippen LogP contribution is 2.10. The molecule has 1 amide bonds. The molecule has 0 spiro atoms. The molecular weight excluding hydrogens is 218 g/mol. The summed E-state index contributed by atoms with van der Waals surface area (Å²) in [6.07, 6.45) is 1.46. The number of methoxy groups -OCH3 is 1. The molecule has 2 aromatic heterocycles. The van der Waals surface area contributed by atoms with Crippen LogP contribution in [0.25, 0.3) is 4.96 Å². The van der Waals surface area contributed by atoms with Crippen LogP contribution in [0, 0.1) is 0 Å². The molecule has 0 aliphatic heterocycles. The maximum atomic E-state index is 11.5. The Morgan fingerprint density at radius 2 is 2.60 bits per heavy atom. The molecule has 80 valence electrons. The molecule has 0 radical (unpaired) electrons. The lowest BCUT2D eigenvalue weighted by molar-refractivity contribution is 0.0935. The van der Waals surface area contributed by atoms with E-state index < -0.39 is 0 Å². The maximum Gasteiger partial charge on any atom is 0.282 e. The summed E-state index contributed by atoms with van der Waals surface area (Å²) in [5, 5.41) is 14.5. The molecule has 2 heterocycles. The van der Waals surface area contributed by atoms with Crippen molar-refractivity contribution >= 4 is 22.2 Å². The molecule has 2 aromatic rings. The predicted octanol–water partition coefficient (Wildman–Crippen LogP) is -0.438. The van der Waals surface area contributed by atoms with Gasteiger partial charge in [-0.2, -0.15) is 4.52 Å². The molecule has 2 rings (SSSR count). The number of aromatic nitrogens is 4. The van der Waals surface area contributed by atoms with Crippen molar-refractivity contribution in [3.8, 4) is 0 Å². The molecule has 15 heavy (non-hydrogen) atoms. The van der Waals surface area contributed by atoms with Gasteiger partial charge in [0.15, 0.2) is 0 Å². The van der Waals surface area contributed by atoms with Crippen LogP contribution in [0.2, 0.25) is 0 Å². The van der Waals surface area contributed by atoms with Gasteiger partial charge in [-0.25, -0.2) is 0 Å². The van der Waals surface area contributed by atoms with Crippen molar-refractivity contribution < 1.29 is 9.53 Å². The molecule has 0 saturated carbocycles. The number of fused-ring (bicyclic) bond motifs is 1. The van der Waals surface area contributed by atoms with Crippen molar-refractivity contribution in [1.82, 2.24) is 25.1 Å². The average Bonchev–Trinajstić information content (AvgIpc) is 2.76. The van der Waals surface area contributed by atoms with E-state index in [0.717, 1.165) is 0 Å². The molecule has 0 fully saturated rings. The Morgan fingerprint density at radius 1 is 1.73 bits per heavy atom. The zero-order chi connectivity index (χ0) is 10.7. The molecule has 0 aromatic carbocycles. The number of amides is 1. The lowest BCUT2D eigenvalue weighted by Crippen LogP contribution is -2.26. The van der Waals surface area contributed by atoms with Gasteiger partial charge in [0.25, 0.3) is 5.91 Å². The van der Waals surface area contributed by atoms with Gasteiger partial charge in [-0.1, -0.05) is 11.3 Å². The summed E-state index contributed by atoms with van der Waals surface area (Å²) in [7, 11) is 1.58. The van der Waals surface area contributed by atoms with Gasteiger partial charge >= 0.3 is 0 Å². The monoisotopic (exact) mass is 227 g/mol. The molecule has 0 saturated heterocycles. The Kier molecular flexibility index (Phi) is 2.88. The first-order chi connectivity index (χ1) is 7.31. The summed E-state index contributed by atoms with van der Waals surface area (Å²) in [4.78, 5) is 12.1. The molecular formula is C7H9N5O2S. The summed E-state index contributed by atoms with van der Waals surface area (Å²) < 4.78 is 6.28. The van der Waals surface area contributed by atoms with Gasteiger partial charge in [-0.3, -0.25) is 4.79 Å². The summed E-state index contributed by atoms with van der Waals surface area (Å²) >= 11 is 1.20. The van der Waals surface area contributed by atoms with Gasteiger partial charge in [0.1, 0.15) is 6.33 Å². The normalized spacial score (nSPS) is 10.7. The van der Waals surface area contributed by atoms with E-state index in [0.29, 0.717) is 23.1 Å². The minimum absolute atomic E-state index is 0.220. The van der Waals surface area contributed by atoms with Gasteiger partial charge in [0, 0.05) is 13.7 Å². The summed E-state index contributed by atoms with van der Waals surface area (Å²) in [5.74, 6) is -0.220. The minimum Gasteiger partial charge on any atom is -0.383 e. The van der Waals surface area contributed by atoms with Crippen molar-refractivity contribution in [1.29, 1.82) is 0 Å². The summed E-state index contributed by atoms with van der Waals surface area (Å²) in [6.45, 7) is 0.950. The number of hydrogen-bond donors (Lipinski definition) is 1. The Labute approximate surface area is 89.1 Å². The van der Waals surface area contributed by atoms with E-state index in [4.69, 9.17) is 4.74 Å². The molecule has 0 aliphatic carbocycles. The van der Waals surface area contributed by atoms with E-state index in [1.165, 1.54) is 22.2 Å². The molecule has 8 heteroatoms. The molecule has 0 atom stereocenters. The van der Waals surface area contributed by atoms with Crippen molar-refractivity contribution in [2.45, 2.75) is 0 Å². The fourth-order valence-corrected chi connectivity index (χ4v) is 1.73. The van der Waals surface area contributed by atoms with E-state index in [9.17, 15) is 4.79 Å².